The molecule has 1 heterocycles. The molecule has 4 nitrogen and oxygen atoms in total. The Morgan fingerprint density at radius 2 is 2.07 bits per heavy atom. The molecule has 0 aromatic heterocycles. The van der Waals surface area contributed by atoms with Crippen molar-refractivity contribution < 1.29 is 17.9 Å². The van der Waals surface area contributed by atoms with Gasteiger partial charge in [-0.15, -0.1) is 0 Å². The van der Waals surface area contributed by atoms with Crippen LogP contribution in [-0.2, 0) is 19.4 Å². The molecular formula is C10H14O4S. The second-order valence-electron chi connectivity index (χ2n) is 3.33. The lowest BCUT2D eigenvalue weighted by atomic mass is 10.2. The van der Waals surface area contributed by atoms with Gasteiger partial charge < -0.3 is 4.74 Å². The fraction of sp³-hybridized carbons (Fsp3) is 0.500. The van der Waals surface area contributed by atoms with E-state index in [-0.39, 0.29) is 10.5 Å². The molecule has 0 amide bonds. The van der Waals surface area contributed by atoms with Gasteiger partial charge in [0.25, 0.3) is 0 Å². The Morgan fingerprint density at radius 3 is 2.53 bits per heavy atom. The average Bonchev–Trinajstić information content (AvgIpc) is 2.41. The summed E-state index contributed by atoms with van der Waals surface area (Å²) in [5, 5.41) is 0. The lowest BCUT2D eigenvalue weighted by molar-refractivity contribution is -0.135. The van der Waals surface area contributed by atoms with Gasteiger partial charge in [-0.2, -0.15) is 0 Å². The van der Waals surface area contributed by atoms with Crippen molar-refractivity contribution in [3.05, 3.63) is 21.5 Å². The van der Waals surface area contributed by atoms with Gasteiger partial charge in [0.2, 0.25) is 0 Å². The SMILES string of the molecule is CCCC1=CC(C(=O)OC)=C(C)S1(=O)=O. The maximum Gasteiger partial charge on any atom is 0.338 e. The van der Waals surface area contributed by atoms with Crippen LogP contribution in [0.3, 0.4) is 0 Å². The third kappa shape index (κ3) is 1.97. The van der Waals surface area contributed by atoms with E-state index in [2.05, 4.69) is 4.74 Å². The topological polar surface area (TPSA) is 60.4 Å². The van der Waals surface area contributed by atoms with Gasteiger partial charge in [-0.05, 0) is 19.4 Å². The summed E-state index contributed by atoms with van der Waals surface area (Å²) in [4.78, 5) is 11.7. The van der Waals surface area contributed by atoms with E-state index in [9.17, 15) is 13.2 Å². The summed E-state index contributed by atoms with van der Waals surface area (Å²) in [7, 11) is -2.16. The largest absolute Gasteiger partial charge is 0.465 e. The first-order valence-corrected chi connectivity index (χ1v) is 6.18. The molecule has 0 radical (unpaired) electrons. The zero-order valence-electron chi connectivity index (χ0n) is 9.03. The molecule has 0 aromatic rings. The Balaban J connectivity index is 3.19. The first kappa shape index (κ1) is 12.0. The molecule has 84 valence electrons. The van der Waals surface area contributed by atoms with Crippen molar-refractivity contribution in [2.45, 2.75) is 26.7 Å². The Morgan fingerprint density at radius 1 is 1.47 bits per heavy atom. The number of carbonyl (C=O) groups excluding carboxylic acids is 1. The van der Waals surface area contributed by atoms with E-state index in [4.69, 9.17) is 0 Å². The molecule has 0 saturated carbocycles. The molecule has 15 heavy (non-hydrogen) atoms. The predicted octanol–water partition coefficient (Wildman–Crippen LogP) is 1.55. The molecule has 0 spiro atoms. The second-order valence-corrected chi connectivity index (χ2v) is 5.47. The molecule has 1 rings (SSSR count). The molecule has 1 aliphatic heterocycles. The van der Waals surface area contributed by atoms with Gasteiger partial charge in [0.15, 0.2) is 9.84 Å². The molecular weight excluding hydrogens is 216 g/mol. The molecule has 0 saturated heterocycles. The highest BCUT2D eigenvalue weighted by Gasteiger charge is 2.31. The third-order valence-corrected chi connectivity index (χ3v) is 4.37. The zero-order chi connectivity index (χ0) is 11.6. The average molecular weight is 230 g/mol. The van der Waals surface area contributed by atoms with Crippen LogP contribution in [0.1, 0.15) is 26.7 Å². The molecule has 5 heteroatoms. The monoisotopic (exact) mass is 230 g/mol. The Bertz CT molecular complexity index is 440. The smallest absolute Gasteiger partial charge is 0.338 e. The number of esters is 1. The lowest BCUT2D eigenvalue weighted by Crippen LogP contribution is -2.05. The number of carbonyl (C=O) groups is 1. The van der Waals surface area contributed by atoms with Crippen molar-refractivity contribution in [1.29, 1.82) is 0 Å². The summed E-state index contributed by atoms with van der Waals surface area (Å²) in [6.45, 7) is 3.32. The number of hydrogen-bond donors (Lipinski definition) is 0. The maximum atomic E-state index is 11.8. The van der Waals surface area contributed by atoms with Gasteiger partial charge in [-0.3, -0.25) is 0 Å². The number of methoxy groups -OCH3 is 1. The molecule has 0 N–H and O–H groups in total. The van der Waals surface area contributed by atoms with E-state index in [1.54, 1.807) is 0 Å². The van der Waals surface area contributed by atoms with Crippen LogP contribution in [-0.4, -0.2) is 21.5 Å². The minimum Gasteiger partial charge on any atom is -0.465 e. The van der Waals surface area contributed by atoms with Gasteiger partial charge in [0.1, 0.15) is 0 Å². The number of sulfone groups is 1. The fourth-order valence-corrected chi connectivity index (χ4v) is 3.02. The molecule has 0 atom stereocenters. The predicted molar refractivity (Wildman–Crippen MR) is 56.6 cm³/mol. The molecule has 0 aromatic carbocycles. The van der Waals surface area contributed by atoms with Crippen LogP contribution in [0.15, 0.2) is 21.5 Å². The molecule has 1 aliphatic rings. The fourth-order valence-electron chi connectivity index (χ4n) is 1.45. The zero-order valence-corrected chi connectivity index (χ0v) is 9.85. The van der Waals surface area contributed by atoms with E-state index in [1.807, 2.05) is 6.92 Å². The van der Waals surface area contributed by atoms with E-state index in [0.29, 0.717) is 11.3 Å². The maximum absolute atomic E-state index is 11.8. The highest BCUT2D eigenvalue weighted by atomic mass is 32.2. The minimum atomic E-state index is -3.39. The Kier molecular flexibility index (Phi) is 3.34. The first-order valence-electron chi connectivity index (χ1n) is 4.70. The summed E-state index contributed by atoms with van der Waals surface area (Å²) in [5.41, 5.74) is 0.154. The van der Waals surface area contributed by atoms with Crippen molar-refractivity contribution in [2.75, 3.05) is 7.11 Å². The van der Waals surface area contributed by atoms with Gasteiger partial charge in [0.05, 0.1) is 17.6 Å². The highest BCUT2D eigenvalue weighted by molar-refractivity contribution is 7.99. The van der Waals surface area contributed by atoms with Gasteiger partial charge >= 0.3 is 5.97 Å². The quantitative estimate of drug-likeness (QED) is 0.690. The van der Waals surface area contributed by atoms with Crippen molar-refractivity contribution in [2.24, 2.45) is 0 Å². The number of rotatable bonds is 3. The summed E-state index contributed by atoms with van der Waals surface area (Å²) < 4.78 is 28.1. The number of allylic oxidation sites excluding steroid dienone is 2. The van der Waals surface area contributed by atoms with Crippen molar-refractivity contribution in [3.8, 4) is 0 Å². The van der Waals surface area contributed by atoms with Crippen LogP contribution < -0.4 is 0 Å². The molecule has 0 fully saturated rings. The van der Waals surface area contributed by atoms with Crippen LogP contribution >= 0.6 is 0 Å². The summed E-state index contributed by atoms with van der Waals surface area (Å²) >= 11 is 0. The minimum absolute atomic E-state index is 0.0952. The van der Waals surface area contributed by atoms with Gasteiger partial charge in [-0.1, -0.05) is 13.3 Å². The van der Waals surface area contributed by atoms with E-state index in [1.165, 1.54) is 20.1 Å². The summed E-state index contributed by atoms with van der Waals surface area (Å²) in [6.07, 6.45) is 2.60. The van der Waals surface area contributed by atoms with E-state index >= 15 is 0 Å². The van der Waals surface area contributed by atoms with E-state index in [0.717, 1.165) is 6.42 Å². The van der Waals surface area contributed by atoms with Crippen molar-refractivity contribution >= 4 is 15.8 Å². The lowest BCUT2D eigenvalue weighted by Gasteiger charge is -2.01. The van der Waals surface area contributed by atoms with Crippen LogP contribution in [0.2, 0.25) is 0 Å². The van der Waals surface area contributed by atoms with Gasteiger partial charge in [0, 0.05) is 4.91 Å². The van der Waals surface area contributed by atoms with Crippen molar-refractivity contribution in [3.63, 3.8) is 0 Å². The highest BCUT2D eigenvalue weighted by Crippen LogP contribution is 2.32. The third-order valence-electron chi connectivity index (χ3n) is 2.33. The standard InChI is InChI=1S/C10H14O4S/c1-4-5-8-6-9(10(11)14-3)7(2)15(8,12)13/h6H,4-5H2,1-3H3. The number of hydrogen-bond acceptors (Lipinski definition) is 4. The second kappa shape index (κ2) is 4.18. The van der Waals surface area contributed by atoms with Gasteiger partial charge in [-0.25, -0.2) is 13.2 Å². The van der Waals surface area contributed by atoms with Crippen LogP contribution in [0.25, 0.3) is 0 Å². The van der Waals surface area contributed by atoms with E-state index < -0.39 is 15.8 Å². The molecule has 0 aliphatic carbocycles. The Hall–Kier alpha value is -1.10. The summed E-state index contributed by atoms with van der Waals surface area (Å²) in [6, 6.07) is 0. The van der Waals surface area contributed by atoms with Crippen LogP contribution in [0.4, 0.5) is 0 Å². The first-order chi connectivity index (χ1) is 6.95. The molecule has 0 bridgehead atoms. The molecule has 0 unspecified atom stereocenters. The number of ether oxygens (including phenoxy) is 1. The Labute approximate surface area is 89.5 Å². The normalized spacial score (nSPS) is 19.0. The van der Waals surface area contributed by atoms with Crippen molar-refractivity contribution in [1.82, 2.24) is 0 Å². The van der Waals surface area contributed by atoms with Crippen LogP contribution in [0, 0.1) is 0 Å². The van der Waals surface area contributed by atoms with Crippen LogP contribution in [0.5, 0.6) is 0 Å². The summed E-state index contributed by atoms with van der Waals surface area (Å²) in [5.74, 6) is -0.595.